The standard InChI is InChI=1S/C12H12OS/c13-7-2-1-3-10-4-5-12-11(9-10)6-8-14-12/h1,3-6,8-9,13H,2,7H2. The Bertz CT molecular complexity index is 442. The first-order chi connectivity index (χ1) is 6.90. The first-order valence-corrected chi connectivity index (χ1v) is 5.53. The van der Waals surface area contributed by atoms with Gasteiger partial charge in [0, 0.05) is 11.3 Å². The van der Waals surface area contributed by atoms with E-state index in [9.17, 15) is 0 Å². The fourth-order valence-electron chi connectivity index (χ4n) is 1.38. The Morgan fingerprint density at radius 3 is 3.07 bits per heavy atom. The van der Waals surface area contributed by atoms with E-state index in [1.54, 1.807) is 11.3 Å². The summed E-state index contributed by atoms with van der Waals surface area (Å²) in [6.07, 6.45) is 4.77. The van der Waals surface area contributed by atoms with Crippen LogP contribution in [0.25, 0.3) is 16.2 Å². The number of aliphatic hydroxyl groups is 1. The van der Waals surface area contributed by atoms with E-state index < -0.39 is 0 Å². The molecule has 14 heavy (non-hydrogen) atoms. The molecule has 0 aliphatic carbocycles. The van der Waals surface area contributed by atoms with Gasteiger partial charge in [0.1, 0.15) is 0 Å². The highest BCUT2D eigenvalue weighted by Gasteiger charge is 1.94. The topological polar surface area (TPSA) is 20.2 Å². The molecule has 0 radical (unpaired) electrons. The van der Waals surface area contributed by atoms with Crippen LogP contribution in [-0.2, 0) is 0 Å². The molecule has 1 N–H and O–H groups in total. The quantitative estimate of drug-likeness (QED) is 0.813. The zero-order valence-electron chi connectivity index (χ0n) is 7.81. The molecule has 2 aromatic rings. The number of hydrogen-bond donors (Lipinski definition) is 1. The minimum atomic E-state index is 0.219. The van der Waals surface area contributed by atoms with Crippen LogP contribution in [-0.4, -0.2) is 11.7 Å². The molecule has 2 rings (SSSR count). The van der Waals surface area contributed by atoms with Crippen LogP contribution in [0.5, 0.6) is 0 Å². The van der Waals surface area contributed by atoms with E-state index in [0.717, 1.165) is 6.42 Å². The normalized spacial score (nSPS) is 11.5. The highest BCUT2D eigenvalue weighted by atomic mass is 32.1. The molecule has 1 aromatic carbocycles. The Hall–Kier alpha value is -1.12. The van der Waals surface area contributed by atoms with Crippen molar-refractivity contribution in [3.63, 3.8) is 0 Å². The lowest BCUT2D eigenvalue weighted by Crippen LogP contribution is -1.76. The molecule has 1 heterocycles. The Morgan fingerprint density at radius 2 is 2.21 bits per heavy atom. The van der Waals surface area contributed by atoms with Crippen molar-refractivity contribution in [2.45, 2.75) is 6.42 Å². The molecule has 0 bridgehead atoms. The molecule has 0 amide bonds. The number of thiophene rings is 1. The SMILES string of the molecule is OCCC=Cc1ccc2sccc2c1. The molecular weight excluding hydrogens is 192 g/mol. The van der Waals surface area contributed by atoms with Crippen LogP contribution in [0, 0.1) is 0 Å². The second-order valence-corrected chi connectivity index (χ2v) is 4.08. The molecule has 0 aliphatic rings. The second-order valence-electron chi connectivity index (χ2n) is 3.13. The van der Waals surface area contributed by atoms with Gasteiger partial charge in [-0.3, -0.25) is 0 Å². The van der Waals surface area contributed by atoms with Crippen molar-refractivity contribution < 1.29 is 5.11 Å². The lowest BCUT2D eigenvalue weighted by molar-refractivity contribution is 0.303. The fraction of sp³-hybridized carbons (Fsp3) is 0.167. The van der Waals surface area contributed by atoms with E-state index in [2.05, 4.69) is 29.6 Å². The molecule has 0 saturated heterocycles. The number of rotatable bonds is 3. The van der Waals surface area contributed by atoms with Crippen LogP contribution in [0.3, 0.4) is 0 Å². The molecule has 0 unspecified atom stereocenters. The molecule has 0 spiro atoms. The minimum Gasteiger partial charge on any atom is -0.396 e. The van der Waals surface area contributed by atoms with Gasteiger partial charge in [-0.1, -0.05) is 18.2 Å². The van der Waals surface area contributed by atoms with Crippen molar-refractivity contribution in [2.75, 3.05) is 6.61 Å². The first-order valence-electron chi connectivity index (χ1n) is 4.65. The second kappa shape index (κ2) is 4.40. The van der Waals surface area contributed by atoms with Crippen molar-refractivity contribution in [3.8, 4) is 0 Å². The predicted octanol–water partition coefficient (Wildman–Crippen LogP) is 3.30. The number of benzene rings is 1. The molecule has 72 valence electrons. The molecule has 0 atom stereocenters. The van der Waals surface area contributed by atoms with E-state index in [-0.39, 0.29) is 6.61 Å². The lowest BCUT2D eigenvalue weighted by Gasteiger charge is -1.93. The van der Waals surface area contributed by atoms with Gasteiger partial charge in [-0.2, -0.15) is 0 Å². The average Bonchev–Trinajstić information content (AvgIpc) is 2.65. The van der Waals surface area contributed by atoms with Gasteiger partial charge in [-0.05, 0) is 40.9 Å². The van der Waals surface area contributed by atoms with Crippen LogP contribution >= 0.6 is 11.3 Å². The van der Waals surface area contributed by atoms with Crippen LogP contribution in [0.2, 0.25) is 0 Å². The van der Waals surface area contributed by atoms with Crippen LogP contribution in [0.15, 0.2) is 35.7 Å². The van der Waals surface area contributed by atoms with Crippen LogP contribution < -0.4 is 0 Å². The van der Waals surface area contributed by atoms with Gasteiger partial charge in [-0.15, -0.1) is 11.3 Å². The van der Waals surface area contributed by atoms with E-state index in [4.69, 9.17) is 5.11 Å². The summed E-state index contributed by atoms with van der Waals surface area (Å²) < 4.78 is 1.32. The van der Waals surface area contributed by atoms with Gasteiger partial charge in [0.15, 0.2) is 0 Å². The highest BCUT2D eigenvalue weighted by molar-refractivity contribution is 7.17. The third-order valence-electron chi connectivity index (χ3n) is 2.08. The Balaban J connectivity index is 2.25. The monoisotopic (exact) mass is 204 g/mol. The zero-order valence-corrected chi connectivity index (χ0v) is 8.63. The number of fused-ring (bicyclic) bond motifs is 1. The van der Waals surface area contributed by atoms with E-state index in [1.807, 2.05) is 12.2 Å². The summed E-state index contributed by atoms with van der Waals surface area (Å²) >= 11 is 1.76. The lowest BCUT2D eigenvalue weighted by atomic mass is 10.1. The highest BCUT2D eigenvalue weighted by Crippen LogP contribution is 2.22. The van der Waals surface area contributed by atoms with Crippen molar-refractivity contribution in [2.24, 2.45) is 0 Å². The third kappa shape index (κ3) is 2.03. The number of hydrogen-bond acceptors (Lipinski definition) is 2. The average molecular weight is 204 g/mol. The minimum absolute atomic E-state index is 0.219. The third-order valence-corrected chi connectivity index (χ3v) is 2.98. The van der Waals surface area contributed by atoms with E-state index in [1.165, 1.54) is 15.6 Å². The maximum atomic E-state index is 8.63. The van der Waals surface area contributed by atoms with Crippen molar-refractivity contribution in [3.05, 3.63) is 41.3 Å². The van der Waals surface area contributed by atoms with Crippen molar-refractivity contribution in [1.82, 2.24) is 0 Å². The number of aliphatic hydroxyl groups excluding tert-OH is 1. The first kappa shape index (κ1) is 9.44. The largest absolute Gasteiger partial charge is 0.396 e. The summed E-state index contributed by atoms with van der Waals surface area (Å²) in [5.74, 6) is 0. The Morgan fingerprint density at radius 1 is 1.29 bits per heavy atom. The molecule has 2 heteroatoms. The maximum Gasteiger partial charge on any atom is 0.0465 e. The fourth-order valence-corrected chi connectivity index (χ4v) is 2.15. The molecule has 1 nitrogen and oxygen atoms in total. The molecular formula is C12H12OS. The van der Waals surface area contributed by atoms with Gasteiger partial charge in [0.25, 0.3) is 0 Å². The van der Waals surface area contributed by atoms with Crippen LogP contribution in [0.4, 0.5) is 0 Å². The smallest absolute Gasteiger partial charge is 0.0465 e. The van der Waals surface area contributed by atoms with Crippen LogP contribution in [0.1, 0.15) is 12.0 Å². The Kier molecular flexibility index (Phi) is 2.96. The molecule has 0 saturated carbocycles. The maximum absolute atomic E-state index is 8.63. The summed E-state index contributed by atoms with van der Waals surface area (Å²) in [7, 11) is 0. The van der Waals surface area contributed by atoms with Crippen molar-refractivity contribution >= 4 is 27.5 Å². The van der Waals surface area contributed by atoms with Gasteiger partial charge in [0.2, 0.25) is 0 Å². The van der Waals surface area contributed by atoms with Gasteiger partial charge in [-0.25, -0.2) is 0 Å². The summed E-state index contributed by atoms with van der Waals surface area (Å²) in [6.45, 7) is 0.219. The molecule has 0 aliphatic heterocycles. The Labute approximate surface area is 87.3 Å². The molecule has 0 fully saturated rings. The summed E-state index contributed by atoms with van der Waals surface area (Å²) in [5, 5.41) is 12.0. The summed E-state index contributed by atoms with van der Waals surface area (Å²) in [6, 6.07) is 8.54. The van der Waals surface area contributed by atoms with Crippen molar-refractivity contribution in [1.29, 1.82) is 0 Å². The van der Waals surface area contributed by atoms with Gasteiger partial charge < -0.3 is 5.11 Å². The van der Waals surface area contributed by atoms with Gasteiger partial charge in [0.05, 0.1) is 0 Å². The zero-order chi connectivity index (χ0) is 9.80. The predicted molar refractivity (Wildman–Crippen MR) is 62.6 cm³/mol. The van der Waals surface area contributed by atoms with Gasteiger partial charge >= 0.3 is 0 Å². The van der Waals surface area contributed by atoms with E-state index in [0.29, 0.717) is 0 Å². The molecule has 1 aromatic heterocycles. The van der Waals surface area contributed by atoms with E-state index >= 15 is 0 Å². The summed E-state index contributed by atoms with van der Waals surface area (Å²) in [4.78, 5) is 0. The summed E-state index contributed by atoms with van der Waals surface area (Å²) in [5.41, 5.74) is 1.20.